The molecule has 3 atom stereocenters. The first-order valence-corrected chi connectivity index (χ1v) is 11.3. The summed E-state index contributed by atoms with van der Waals surface area (Å²) in [4.78, 5) is 55.4. The van der Waals surface area contributed by atoms with Gasteiger partial charge < -0.3 is 20.2 Å². The van der Waals surface area contributed by atoms with Gasteiger partial charge in [0.25, 0.3) is 5.91 Å². The molecule has 0 saturated heterocycles. The molecular formula is C20H30N6O5S. The summed E-state index contributed by atoms with van der Waals surface area (Å²) in [5, 5.41) is 12.7. The molecule has 2 amide bonds. The quantitative estimate of drug-likeness (QED) is 0.316. The first-order chi connectivity index (χ1) is 15.2. The third-order valence-electron chi connectivity index (χ3n) is 5.73. The van der Waals surface area contributed by atoms with Crippen LogP contribution in [0.3, 0.4) is 0 Å². The van der Waals surface area contributed by atoms with Crippen molar-refractivity contribution in [3.05, 3.63) is 15.6 Å². The average molecular weight is 467 g/mol. The van der Waals surface area contributed by atoms with Crippen LogP contribution in [0.15, 0.2) is 4.99 Å². The largest absolute Gasteiger partial charge is 0.475 e. The fourth-order valence-corrected chi connectivity index (χ4v) is 5.18. The number of aliphatic carboxylic acids is 1. The number of carbonyl (C=O) groups excluding carboxylic acids is 2. The van der Waals surface area contributed by atoms with Crippen LogP contribution in [0.2, 0.25) is 0 Å². The SMILES string of the molecule is CONC(=N[C@H]1CC[C@H](C(=O)N(C)C)C[C@H]1NC(=O)c1nc2c(s1)CN(C)CC2)C(=O)O. The summed E-state index contributed by atoms with van der Waals surface area (Å²) in [6, 6.07) is -1.03. The van der Waals surface area contributed by atoms with Crippen LogP contribution in [-0.4, -0.2) is 90.4 Å². The summed E-state index contributed by atoms with van der Waals surface area (Å²) in [5.74, 6) is -2.23. The molecule has 1 saturated carbocycles. The van der Waals surface area contributed by atoms with Crippen molar-refractivity contribution in [3.8, 4) is 0 Å². The number of hydroxylamine groups is 1. The third-order valence-corrected chi connectivity index (χ3v) is 6.81. The maximum Gasteiger partial charge on any atom is 0.373 e. The molecule has 1 aromatic rings. The van der Waals surface area contributed by atoms with Crippen LogP contribution in [-0.2, 0) is 27.4 Å². The topological polar surface area (TPSA) is 136 Å². The number of hydrogen-bond donors (Lipinski definition) is 3. The van der Waals surface area contributed by atoms with E-state index in [9.17, 15) is 19.5 Å². The number of fused-ring (bicyclic) bond motifs is 1. The molecule has 12 heteroatoms. The van der Waals surface area contributed by atoms with Crippen molar-refractivity contribution in [3.63, 3.8) is 0 Å². The number of amides is 2. The van der Waals surface area contributed by atoms with Crippen molar-refractivity contribution in [2.45, 2.75) is 44.3 Å². The van der Waals surface area contributed by atoms with E-state index in [4.69, 9.17) is 4.84 Å². The van der Waals surface area contributed by atoms with Crippen molar-refractivity contribution in [1.82, 2.24) is 25.6 Å². The second kappa shape index (κ2) is 10.4. The lowest BCUT2D eigenvalue weighted by atomic mass is 9.81. The number of nitrogens with one attached hydrogen (secondary N) is 2. The smallest absolute Gasteiger partial charge is 0.373 e. The summed E-state index contributed by atoms with van der Waals surface area (Å²) in [6.07, 6.45) is 2.17. The number of aliphatic imine (C=N–C) groups is 1. The summed E-state index contributed by atoms with van der Waals surface area (Å²) in [7, 11) is 6.72. The van der Waals surface area contributed by atoms with Crippen LogP contribution >= 0.6 is 11.3 Å². The molecule has 3 N–H and O–H groups in total. The Morgan fingerprint density at radius 3 is 2.72 bits per heavy atom. The van der Waals surface area contributed by atoms with Gasteiger partial charge in [-0.15, -0.1) is 11.3 Å². The molecule has 0 unspecified atom stereocenters. The zero-order chi connectivity index (χ0) is 23.4. The van der Waals surface area contributed by atoms with Crippen molar-refractivity contribution < 1.29 is 24.3 Å². The monoisotopic (exact) mass is 466 g/mol. The Hall–Kier alpha value is -2.57. The van der Waals surface area contributed by atoms with Gasteiger partial charge in [0.1, 0.15) is 0 Å². The van der Waals surface area contributed by atoms with E-state index in [1.54, 1.807) is 14.1 Å². The van der Waals surface area contributed by atoms with Gasteiger partial charge in [-0.3, -0.25) is 19.4 Å². The highest BCUT2D eigenvalue weighted by Crippen LogP contribution is 2.29. The Morgan fingerprint density at radius 1 is 1.31 bits per heavy atom. The average Bonchev–Trinajstić information content (AvgIpc) is 3.17. The van der Waals surface area contributed by atoms with Gasteiger partial charge in [0, 0.05) is 44.4 Å². The predicted molar refractivity (Wildman–Crippen MR) is 118 cm³/mol. The van der Waals surface area contributed by atoms with E-state index in [0.29, 0.717) is 24.3 Å². The van der Waals surface area contributed by atoms with Crippen LogP contribution in [0.25, 0.3) is 0 Å². The van der Waals surface area contributed by atoms with E-state index in [-0.39, 0.29) is 23.6 Å². The molecule has 2 heterocycles. The van der Waals surface area contributed by atoms with Gasteiger partial charge in [0.05, 0.1) is 24.9 Å². The van der Waals surface area contributed by atoms with Gasteiger partial charge in [-0.2, -0.15) is 0 Å². The standard InChI is InChI=1S/C20H30N6O5S/c1-25(2)19(28)11-5-6-12(21-16(20(29)30)24-31-4)14(9-11)22-17(27)18-23-13-7-8-26(3)10-15(13)32-18/h11-12,14H,5-10H2,1-4H3,(H,21,24)(H,22,27)(H,29,30)/t11-,12-,14+/m0/s1. The summed E-state index contributed by atoms with van der Waals surface area (Å²) >= 11 is 1.37. The van der Waals surface area contributed by atoms with Crippen LogP contribution in [0.5, 0.6) is 0 Å². The summed E-state index contributed by atoms with van der Waals surface area (Å²) in [5.41, 5.74) is 3.23. The number of aromatic nitrogens is 1. The molecule has 0 aromatic carbocycles. The lowest BCUT2D eigenvalue weighted by Gasteiger charge is -2.35. The van der Waals surface area contributed by atoms with E-state index >= 15 is 0 Å². The van der Waals surface area contributed by atoms with Crippen molar-refractivity contribution in [2.75, 3.05) is 34.8 Å². The van der Waals surface area contributed by atoms with Gasteiger partial charge in [0.15, 0.2) is 5.01 Å². The zero-order valence-electron chi connectivity index (χ0n) is 18.8. The van der Waals surface area contributed by atoms with E-state index in [1.807, 2.05) is 7.05 Å². The Kier molecular flexibility index (Phi) is 7.80. The zero-order valence-corrected chi connectivity index (χ0v) is 19.6. The molecule has 1 aliphatic heterocycles. The van der Waals surface area contributed by atoms with Crippen molar-refractivity contribution in [2.24, 2.45) is 10.9 Å². The summed E-state index contributed by atoms with van der Waals surface area (Å²) in [6.45, 7) is 1.66. The van der Waals surface area contributed by atoms with Gasteiger partial charge in [-0.1, -0.05) is 0 Å². The lowest BCUT2D eigenvalue weighted by molar-refractivity contribution is -0.134. The minimum atomic E-state index is -1.26. The molecule has 0 radical (unpaired) electrons. The molecule has 11 nitrogen and oxygen atoms in total. The molecule has 0 bridgehead atoms. The number of hydrogen-bond acceptors (Lipinski definition) is 8. The van der Waals surface area contributed by atoms with E-state index in [1.165, 1.54) is 23.3 Å². The number of carboxylic acid groups (broad SMARTS) is 1. The normalized spacial score (nSPS) is 23.9. The number of carboxylic acids is 1. The fraction of sp³-hybridized carbons (Fsp3) is 0.650. The molecule has 32 heavy (non-hydrogen) atoms. The van der Waals surface area contributed by atoms with Gasteiger partial charge in [-0.25, -0.2) is 15.3 Å². The number of nitrogens with zero attached hydrogens (tertiary/aromatic N) is 4. The molecule has 3 rings (SSSR count). The second-order valence-corrected chi connectivity index (χ2v) is 9.44. The molecular weight excluding hydrogens is 436 g/mol. The fourth-order valence-electron chi connectivity index (χ4n) is 4.09. The van der Waals surface area contributed by atoms with E-state index < -0.39 is 18.1 Å². The van der Waals surface area contributed by atoms with Gasteiger partial charge in [0.2, 0.25) is 11.7 Å². The van der Waals surface area contributed by atoms with E-state index in [2.05, 4.69) is 25.7 Å². The number of thiazole rings is 1. The first kappa shape index (κ1) is 24.1. The minimum Gasteiger partial charge on any atom is -0.475 e. The van der Waals surface area contributed by atoms with Crippen LogP contribution in [0, 0.1) is 5.92 Å². The number of carbonyl (C=O) groups is 3. The Bertz CT molecular complexity index is 901. The molecule has 176 valence electrons. The Morgan fingerprint density at radius 2 is 2.06 bits per heavy atom. The predicted octanol–water partition coefficient (Wildman–Crippen LogP) is 0.120. The van der Waals surface area contributed by atoms with Gasteiger partial charge >= 0.3 is 5.97 Å². The Balaban J connectivity index is 1.81. The highest BCUT2D eigenvalue weighted by Gasteiger charge is 2.37. The molecule has 2 aliphatic rings. The van der Waals surface area contributed by atoms with Gasteiger partial charge in [-0.05, 0) is 26.3 Å². The molecule has 1 fully saturated rings. The number of rotatable bonds is 5. The number of amidine groups is 1. The minimum absolute atomic E-state index is 0.0205. The second-order valence-electron chi connectivity index (χ2n) is 8.36. The van der Waals surface area contributed by atoms with Crippen LogP contribution < -0.4 is 10.8 Å². The number of likely N-dealkylation sites (N-methyl/N-ethyl adjacent to an activating group) is 1. The van der Waals surface area contributed by atoms with Crippen molar-refractivity contribution >= 4 is 35.0 Å². The summed E-state index contributed by atoms with van der Waals surface area (Å²) < 4.78 is 0. The van der Waals surface area contributed by atoms with Crippen LogP contribution in [0.1, 0.15) is 39.6 Å². The maximum absolute atomic E-state index is 13.0. The first-order valence-electron chi connectivity index (χ1n) is 10.5. The molecule has 1 aliphatic carbocycles. The lowest BCUT2D eigenvalue weighted by Crippen LogP contribution is -2.49. The maximum atomic E-state index is 13.0. The Labute approximate surface area is 190 Å². The van der Waals surface area contributed by atoms with Crippen LogP contribution in [0.4, 0.5) is 0 Å². The molecule has 0 spiro atoms. The molecule has 1 aromatic heterocycles. The third kappa shape index (κ3) is 5.61. The van der Waals surface area contributed by atoms with E-state index in [0.717, 1.165) is 30.1 Å². The van der Waals surface area contributed by atoms with Crippen molar-refractivity contribution in [1.29, 1.82) is 0 Å². The highest BCUT2D eigenvalue weighted by atomic mass is 32.1. The highest BCUT2D eigenvalue weighted by molar-refractivity contribution is 7.13.